The van der Waals surface area contributed by atoms with Gasteiger partial charge in [0.05, 0.1) is 17.8 Å². The van der Waals surface area contributed by atoms with Gasteiger partial charge in [0.2, 0.25) is 0 Å². The van der Waals surface area contributed by atoms with Gasteiger partial charge in [-0.05, 0) is 33.6 Å². The average molecular weight is 162 g/mol. The van der Waals surface area contributed by atoms with Crippen LogP contribution in [-0.2, 0) is 0 Å². The van der Waals surface area contributed by atoms with Gasteiger partial charge in [-0.1, -0.05) is 0 Å². The maximum Gasteiger partial charge on any atom is 0.0797 e. The Kier molecular flexibility index (Phi) is 4.00. The fourth-order valence-electron chi connectivity index (χ4n) is 0.742. The third-order valence-electron chi connectivity index (χ3n) is 1.61. The summed E-state index contributed by atoms with van der Waals surface area (Å²) in [4.78, 5) is 0. The topological polar surface area (TPSA) is 60.7 Å². The summed E-state index contributed by atoms with van der Waals surface area (Å²) in [6.45, 7) is 4.90. The summed E-state index contributed by atoms with van der Waals surface area (Å²) >= 11 is 0. The average Bonchev–Trinajstić information content (AvgIpc) is 1.80. The van der Waals surface area contributed by atoms with Gasteiger partial charge in [-0.3, -0.25) is 0 Å². The molecule has 0 saturated heterocycles. The predicted octanol–water partition coefficient (Wildman–Crippen LogP) is 0.279. The Hall–Kier alpha value is -0.120. The first-order valence-corrected chi connectivity index (χ1v) is 3.91. The van der Waals surface area contributed by atoms with Gasteiger partial charge in [-0.15, -0.1) is 0 Å². The van der Waals surface area contributed by atoms with Crippen molar-refractivity contribution in [2.24, 2.45) is 0 Å². The molecule has 3 N–H and O–H groups in total. The Morgan fingerprint density at radius 1 is 1.27 bits per heavy atom. The van der Waals surface area contributed by atoms with Crippen LogP contribution in [-0.4, -0.2) is 33.1 Å². The molecule has 0 rings (SSSR count). The van der Waals surface area contributed by atoms with Gasteiger partial charge in [0.1, 0.15) is 0 Å². The van der Waals surface area contributed by atoms with Crippen LogP contribution in [0.25, 0.3) is 0 Å². The van der Waals surface area contributed by atoms with Crippen molar-refractivity contribution in [3.8, 4) is 0 Å². The van der Waals surface area contributed by atoms with E-state index in [2.05, 4.69) is 0 Å². The lowest BCUT2D eigenvalue weighted by Crippen LogP contribution is -2.27. The molecular weight excluding hydrogens is 144 g/mol. The molecule has 0 aromatic carbocycles. The van der Waals surface area contributed by atoms with Crippen molar-refractivity contribution in [2.75, 3.05) is 0 Å². The third kappa shape index (κ3) is 6.28. The number of rotatable bonds is 4. The SMILES string of the molecule is CC(O)C(O)CCC(C)(C)O. The van der Waals surface area contributed by atoms with Gasteiger partial charge < -0.3 is 15.3 Å². The molecular formula is C8H18O3. The van der Waals surface area contributed by atoms with E-state index in [0.717, 1.165) is 0 Å². The smallest absolute Gasteiger partial charge is 0.0797 e. The van der Waals surface area contributed by atoms with Crippen molar-refractivity contribution in [2.45, 2.75) is 51.4 Å². The van der Waals surface area contributed by atoms with Gasteiger partial charge in [0, 0.05) is 0 Å². The van der Waals surface area contributed by atoms with Crippen LogP contribution in [0.3, 0.4) is 0 Å². The molecule has 0 spiro atoms. The fraction of sp³-hybridized carbons (Fsp3) is 1.00. The molecule has 0 bridgehead atoms. The van der Waals surface area contributed by atoms with Crippen LogP contribution in [0.5, 0.6) is 0 Å². The van der Waals surface area contributed by atoms with Crippen LogP contribution < -0.4 is 0 Å². The Bertz CT molecular complexity index is 104. The van der Waals surface area contributed by atoms with E-state index in [1.54, 1.807) is 13.8 Å². The molecule has 0 heterocycles. The van der Waals surface area contributed by atoms with E-state index in [0.29, 0.717) is 12.8 Å². The van der Waals surface area contributed by atoms with E-state index >= 15 is 0 Å². The molecule has 0 aromatic heterocycles. The highest BCUT2D eigenvalue weighted by atomic mass is 16.3. The lowest BCUT2D eigenvalue weighted by Gasteiger charge is -2.20. The molecule has 3 nitrogen and oxygen atoms in total. The zero-order valence-corrected chi connectivity index (χ0v) is 7.41. The summed E-state index contributed by atoms with van der Waals surface area (Å²) in [7, 11) is 0. The molecule has 0 aliphatic heterocycles. The van der Waals surface area contributed by atoms with Crippen molar-refractivity contribution in [1.82, 2.24) is 0 Å². The van der Waals surface area contributed by atoms with Gasteiger partial charge in [0.25, 0.3) is 0 Å². The molecule has 68 valence electrons. The Labute approximate surface area is 67.7 Å². The molecule has 2 atom stereocenters. The molecule has 0 radical (unpaired) electrons. The number of hydrogen-bond acceptors (Lipinski definition) is 3. The summed E-state index contributed by atoms with van der Waals surface area (Å²) in [6.07, 6.45) is -0.501. The first-order valence-electron chi connectivity index (χ1n) is 3.91. The zero-order valence-electron chi connectivity index (χ0n) is 7.41. The largest absolute Gasteiger partial charge is 0.391 e. The van der Waals surface area contributed by atoms with Crippen molar-refractivity contribution >= 4 is 0 Å². The summed E-state index contributed by atoms with van der Waals surface area (Å²) in [5.41, 5.74) is -0.754. The van der Waals surface area contributed by atoms with Crippen LogP contribution in [0.2, 0.25) is 0 Å². The maximum absolute atomic E-state index is 9.26. The Morgan fingerprint density at radius 2 is 1.73 bits per heavy atom. The maximum atomic E-state index is 9.26. The van der Waals surface area contributed by atoms with Crippen molar-refractivity contribution in [3.63, 3.8) is 0 Å². The molecule has 11 heavy (non-hydrogen) atoms. The van der Waals surface area contributed by atoms with E-state index in [9.17, 15) is 5.11 Å². The Balaban J connectivity index is 3.54. The minimum absolute atomic E-state index is 0.432. The monoisotopic (exact) mass is 162 g/mol. The summed E-state index contributed by atoms with van der Waals surface area (Å²) in [5.74, 6) is 0. The summed E-state index contributed by atoms with van der Waals surface area (Å²) in [5, 5.41) is 27.3. The van der Waals surface area contributed by atoms with Gasteiger partial charge >= 0.3 is 0 Å². The zero-order chi connectivity index (χ0) is 9.07. The lowest BCUT2D eigenvalue weighted by molar-refractivity contribution is 0.000641. The van der Waals surface area contributed by atoms with E-state index in [1.807, 2.05) is 0 Å². The highest BCUT2D eigenvalue weighted by molar-refractivity contribution is 4.70. The van der Waals surface area contributed by atoms with Crippen molar-refractivity contribution in [1.29, 1.82) is 0 Å². The molecule has 2 unspecified atom stereocenters. The summed E-state index contributed by atoms with van der Waals surface area (Å²) in [6, 6.07) is 0. The summed E-state index contributed by atoms with van der Waals surface area (Å²) < 4.78 is 0. The predicted molar refractivity (Wildman–Crippen MR) is 43.2 cm³/mol. The number of hydrogen-bond donors (Lipinski definition) is 3. The van der Waals surface area contributed by atoms with E-state index in [-0.39, 0.29) is 0 Å². The van der Waals surface area contributed by atoms with Crippen LogP contribution in [0.4, 0.5) is 0 Å². The van der Waals surface area contributed by atoms with Crippen molar-refractivity contribution in [3.05, 3.63) is 0 Å². The Morgan fingerprint density at radius 3 is 2.00 bits per heavy atom. The highest BCUT2D eigenvalue weighted by Crippen LogP contribution is 2.13. The normalized spacial score (nSPS) is 18.0. The molecule has 0 aliphatic rings. The molecule has 0 aromatic rings. The van der Waals surface area contributed by atoms with E-state index in [4.69, 9.17) is 10.2 Å². The van der Waals surface area contributed by atoms with Gasteiger partial charge in [0.15, 0.2) is 0 Å². The second-order valence-corrected chi connectivity index (χ2v) is 3.66. The van der Waals surface area contributed by atoms with Gasteiger partial charge in [-0.2, -0.15) is 0 Å². The highest BCUT2D eigenvalue weighted by Gasteiger charge is 2.17. The second kappa shape index (κ2) is 4.04. The van der Waals surface area contributed by atoms with Crippen LogP contribution in [0.1, 0.15) is 33.6 Å². The minimum Gasteiger partial charge on any atom is -0.391 e. The second-order valence-electron chi connectivity index (χ2n) is 3.66. The molecule has 3 heteroatoms. The quantitative estimate of drug-likeness (QED) is 0.556. The standard InChI is InChI=1S/C8H18O3/c1-6(9)7(10)4-5-8(2,3)11/h6-7,9-11H,4-5H2,1-3H3. The molecule has 0 fully saturated rings. The first-order chi connectivity index (χ1) is 4.83. The van der Waals surface area contributed by atoms with E-state index in [1.165, 1.54) is 6.92 Å². The molecule has 0 saturated carbocycles. The van der Waals surface area contributed by atoms with Gasteiger partial charge in [-0.25, -0.2) is 0 Å². The molecule has 0 amide bonds. The van der Waals surface area contributed by atoms with Crippen molar-refractivity contribution < 1.29 is 15.3 Å². The molecule has 0 aliphatic carbocycles. The number of aliphatic hydroxyl groups is 3. The fourth-order valence-corrected chi connectivity index (χ4v) is 0.742. The third-order valence-corrected chi connectivity index (χ3v) is 1.61. The van der Waals surface area contributed by atoms with Crippen LogP contribution in [0, 0.1) is 0 Å². The number of aliphatic hydroxyl groups excluding tert-OH is 2. The lowest BCUT2D eigenvalue weighted by atomic mass is 9.99. The first kappa shape index (κ1) is 10.9. The van der Waals surface area contributed by atoms with E-state index < -0.39 is 17.8 Å². The van der Waals surface area contributed by atoms with Crippen LogP contribution in [0.15, 0.2) is 0 Å². The van der Waals surface area contributed by atoms with Crippen LogP contribution >= 0.6 is 0 Å². The minimum atomic E-state index is -0.754.